The van der Waals surface area contributed by atoms with Crippen molar-refractivity contribution in [1.82, 2.24) is 18.9 Å². The van der Waals surface area contributed by atoms with E-state index in [0.717, 1.165) is 21.0 Å². The third kappa shape index (κ3) is 3.62. The average Bonchev–Trinajstić information content (AvgIpc) is 3.29. The van der Waals surface area contributed by atoms with Crippen LogP contribution in [-0.2, 0) is 19.8 Å². The molecule has 0 aliphatic carbocycles. The van der Waals surface area contributed by atoms with E-state index in [1.807, 2.05) is 42.8 Å². The lowest BCUT2D eigenvalue weighted by atomic mass is 10.1. The number of Topliss-reactive ketones (excluding diaryl/α,β-unsaturated/α-hetero) is 1. The summed E-state index contributed by atoms with van der Waals surface area (Å²) in [5.41, 5.74) is 1.50. The van der Waals surface area contributed by atoms with Crippen LogP contribution in [0.25, 0.3) is 27.6 Å². The Morgan fingerprint density at radius 1 is 1.00 bits per heavy atom. The normalized spacial score (nSPS) is 12.1. The predicted molar refractivity (Wildman–Crippen MR) is 132 cm³/mol. The number of aromatic nitrogens is 4. The summed E-state index contributed by atoms with van der Waals surface area (Å²) >= 11 is 0. The molecule has 0 saturated carbocycles. The van der Waals surface area contributed by atoms with Crippen LogP contribution in [0.15, 0.2) is 59.4 Å². The maximum absolute atomic E-state index is 14.0. The Hall–Kier alpha value is -4.14. The molecule has 3 aromatic heterocycles. The molecule has 5 aromatic rings. The summed E-state index contributed by atoms with van der Waals surface area (Å²) < 4.78 is 46.2. The average molecular weight is 493 g/mol. The molecular formula is C27H23F3N4O2. The summed E-state index contributed by atoms with van der Waals surface area (Å²) in [6.07, 6.45) is -4.77. The highest BCUT2D eigenvalue weighted by Gasteiger charge is 2.36. The maximum atomic E-state index is 14.0. The fourth-order valence-corrected chi connectivity index (χ4v) is 4.80. The van der Waals surface area contributed by atoms with E-state index in [1.165, 1.54) is 11.6 Å². The second kappa shape index (κ2) is 8.22. The van der Waals surface area contributed by atoms with Gasteiger partial charge in [0.05, 0.1) is 28.9 Å². The van der Waals surface area contributed by atoms with E-state index in [1.54, 1.807) is 31.2 Å². The highest BCUT2D eigenvalue weighted by molar-refractivity contribution is 6.09. The van der Waals surface area contributed by atoms with E-state index < -0.39 is 23.8 Å². The van der Waals surface area contributed by atoms with E-state index in [4.69, 9.17) is 0 Å². The monoisotopic (exact) mass is 492 g/mol. The van der Waals surface area contributed by atoms with Crippen LogP contribution in [0.5, 0.6) is 0 Å². The number of benzene rings is 2. The molecule has 0 spiro atoms. The third-order valence-corrected chi connectivity index (χ3v) is 6.66. The van der Waals surface area contributed by atoms with Crippen molar-refractivity contribution in [3.63, 3.8) is 0 Å². The molecule has 9 heteroatoms. The van der Waals surface area contributed by atoms with Crippen LogP contribution in [0.3, 0.4) is 0 Å². The van der Waals surface area contributed by atoms with E-state index in [9.17, 15) is 22.8 Å². The van der Waals surface area contributed by atoms with Crippen molar-refractivity contribution < 1.29 is 18.0 Å². The lowest BCUT2D eigenvalue weighted by molar-refractivity contribution is -0.136. The van der Waals surface area contributed by atoms with Gasteiger partial charge in [-0.05, 0) is 39.0 Å². The zero-order valence-electron chi connectivity index (χ0n) is 20.1. The van der Waals surface area contributed by atoms with Gasteiger partial charge in [-0.1, -0.05) is 35.9 Å². The Morgan fingerprint density at radius 2 is 1.67 bits per heavy atom. The van der Waals surface area contributed by atoms with Crippen LogP contribution in [0, 0.1) is 20.8 Å². The van der Waals surface area contributed by atoms with Gasteiger partial charge in [0.2, 0.25) is 0 Å². The number of rotatable bonds is 4. The van der Waals surface area contributed by atoms with Crippen molar-refractivity contribution in [1.29, 1.82) is 0 Å². The molecule has 0 saturated heterocycles. The van der Waals surface area contributed by atoms with Gasteiger partial charge in [-0.25, -0.2) is 4.68 Å². The Labute approximate surface area is 204 Å². The van der Waals surface area contributed by atoms with E-state index >= 15 is 0 Å². The van der Waals surface area contributed by atoms with Gasteiger partial charge in [0.1, 0.15) is 5.65 Å². The topological polar surface area (TPSA) is 61.8 Å². The number of hydrogen-bond acceptors (Lipinski definition) is 3. The molecule has 0 radical (unpaired) electrons. The van der Waals surface area contributed by atoms with Crippen molar-refractivity contribution in [2.24, 2.45) is 7.05 Å². The quantitative estimate of drug-likeness (QED) is 0.311. The van der Waals surface area contributed by atoms with E-state index in [2.05, 4.69) is 5.10 Å². The zero-order valence-corrected chi connectivity index (χ0v) is 20.1. The smallest absolute Gasteiger partial charge is 0.347 e. The molecule has 6 nitrogen and oxygen atoms in total. The minimum atomic E-state index is -4.77. The summed E-state index contributed by atoms with van der Waals surface area (Å²) in [6, 6.07) is 15.0. The van der Waals surface area contributed by atoms with Crippen LogP contribution in [0.1, 0.15) is 32.9 Å². The SMILES string of the molecule is Cc1ccc(-n2nc(C)c3c(C(F)(F)F)cc(=O)n(CC(=O)c4c(C)n(C)c5ccccc45)c32)cc1. The molecular weight excluding hydrogens is 469 g/mol. The number of hydrogen-bond donors (Lipinski definition) is 0. The molecule has 0 fully saturated rings. The first-order valence-corrected chi connectivity index (χ1v) is 11.3. The standard InChI is InChI=1S/C27H23F3N4O2/c1-15-9-11-18(12-10-15)34-26-24(16(2)31-34)20(27(28,29)30)13-23(36)33(26)14-22(35)25-17(3)32(4)21-8-6-5-7-19(21)25/h5-13H,14H2,1-4H3. The number of carbonyl (C=O) groups excluding carboxylic acids is 1. The summed E-state index contributed by atoms with van der Waals surface area (Å²) in [5.74, 6) is -0.373. The Morgan fingerprint density at radius 3 is 2.33 bits per heavy atom. The van der Waals surface area contributed by atoms with Gasteiger partial charge >= 0.3 is 6.18 Å². The van der Waals surface area contributed by atoms with Gasteiger partial charge in [0.25, 0.3) is 5.56 Å². The van der Waals surface area contributed by atoms with Crippen LogP contribution < -0.4 is 5.56 Å². The summed E-state index contributed by atoms with van der Waals surface area (Å²) in [6.45, 7) is 4.73. The maximum Gasteiger partial charge on any atom is 0.417 e. The summed E-state index contributed by atoms with van der Waals surface area (Å²) in [7, 11) is 1.84. The number of ketones is 1. The van der Waals surface area contributed by atoms with Crippen molar-refractivity contribution in [3.8, 4) is 5.69 Å². The minimum Gasteiger partial charge on any atom is -0.347 e. The van der Waals surface area contributed by atoms with E-state index in [0.29, 0.717) is 23.0 Å². The summed E-state index contributed by atoms with van der Waals surface area (Å²) in [5, 5.41) is 4.88. The van der Waals surface area contributed by atoms with E-state index in [-0.39, 0.29) is 22.5 Å². The van der Waals surface area contributed by atoms with Gasteiger partial charge in [0.15, 0.2) is 5.78 Å². The highest BCUT2D eigenvalue weighted by atomic mass is 19.4. The fourth-order valence-electron chi connectivity index (χ4n) is 4.80. The molecule has 0 N–H and O–H groups in total. The molecule has 3 heterocycles. The Kier molecular flexibility index (Phi) is 5.39. The number of para-hydroxylation sites is 1. The number of fused-ring (bicyclic) bond motifs is 2. The second-order valence-electron chi connectivity index (χ2n) is 8.97. The number of nitrogens with zero attached hydrogens (tertiary/aromatic N) is 4. The van der Waals surface area contributed by atoms with Gasteiger partial charge in [-0.15, -0.1) is 0 Å². The van der Waals surface area contributed by atoms with Crippen molar-refractivity contribution in [3.05, 3.63) is 93.0 Å². The van der Waals surface area contributed by atoms with Crippen LogP contribution in [0.4, 0.5) is 13.2 Å². The molecule has 184 valence electrons. The van der Waals surface area contributed by atoms with Gasteiger partial charge in [-0.3, -0.25) is 14.2 Å². The molecule has 0 aliphatic heterocycles. The van der Waals surface area contributed by atoms with Crippen molar-refractivity contribution in [2.75, 3.05) is 0 Å². The van der Waals surface area contributed by atoms with Crippen molar-refractivity contribution >= 4 is 27.7 Å². The third-order valence-electron chi connectivity index (χ3n) is 6.66. The lowest BCUT2D eigenvalue weighted by Crippen LogP contribution is -2.28. The first kappa shape index (κ1) is 23.6. The Bertz CT molecular complexity index is 1720. The van der Waals surface area contributed by atoms with Crippen LogP contribution >= 0.6 is 0 Å². The number of alkyl halides is 3. The fraction of sp³-hybridized carbons (Fsp3) is 0.222. The molecule has 36 heavy (non-hydrogen) atoms. The van der Waals surface area contributed by atoms with Crippen LogP contribution in [-0.4, -0.2) is 24.7 Å². The molecule has 0 atom stereocenters. The first-order chi connectivity index (χ1) is 17.0. The van der Waals surface area contributed by atoms with Gasteiger partial charge in [-0.2, -0.15) is 18.3 Å². The minimum absolute atomic E-state index is 0.0672. The number of pyridine rings is 1. The largest absolute Gasteiger partial charge is 0.417 e. The predicted octanol–water partition coefficient (Wildman–Crippen LogP) is 5.51. The van der Waals surface area contributed by atoms with Crippen LogP contribution in [0.2, 0.25) is 0 Å². The number of carbonyl (C=O) groups is 1. The molecule has 0 aliphatic rings. The first-order valence-electron chi connectivity index (χ1n) is 11.3. The summed E-state index contributed by atoms with van der Waals surface area (Å²) in [4.78, 5) is 26.7. The van der Waals surface area contributed by atoms with Gasteiger partial charge < -0.3 is 4.57 Å². The lowest BCUT2D eigenvalue weighted by Gasteiger charge is -2.15. The molecule has 0 unspecified atom stereocenters. The second-order valence-corrected chi connectivity index (χ2v) is 8.97. The molecule has 2 aromatic carbocycles. The highest BCUT2D eigenvalue weighted by Crippen LogP contribution is 2.36. The molecule has 0 amide bonds. The number of halogens is 3. The zero-order chi connectivity index (χ0) is 25.9. The molecule has 0 bridgehead atoms. The number of aryl methyl sites for hydroxylation is 3. The van der Waals surface area contributed by atoms with Gasteiger partial charge in [0, 0.05) is 35.3 Å². The molecule has 5 rings (SSSR count). The van der Waals surface area contributed by atoms with Crippen molar-refractivity contribution in [2.45, 2.75) is 33.5 Å². The Balaban J connectivity index is 1.78.